The predicted octanol–water partition coefficient (Wildman–Crippen LogP) is 2.75. The Morgan fingerprint density at radius 1 is 1.22 bits per heavy atom. The number of carboxylic acid groups (broad SMARTS) is 1. The zero-order chi connectivity index (χ0) is 12.8. The van der Waals surface area contributed by atoms with E-state index in [0.717, 1.165) is 25.7 Å². The quantitative estimate of drug-likeness (QED) is 0.821. The highest BCUT2D eigenvalue weighted by Crippen LogP contribution is 2.51. The Hall–Kier alpha value is -1.19. The Balaban J connectivity index is 1.69. The molecule has 3 atom stereocenters. The SMILES string of the molecule is CC(C(=O)O)C1CC2CC(C1)CC1(C2)OC=CO1. The summed E-state index contributed by atoms with van der Waals surface area (Å²) in [7, 11) is 0. The van der Waals surface area contributed by atoms with Crippen molar-refractivity contribution in [3.63, 3.8) is 0 Å². The molecule has 1 spiro atoms. The first-order chi connectivity index (χ1) is 8.58. The smallest absolute Gasteiger partial charge is 0.306 e. The lowest BCUT2D eigenvalue weighted by Gasteiger charge is -2.46. The van der Waals surface area contributed by atoms with Gasteiger partial charge in [-0.05, 0) is 37.0 Å². The van der Waals surface area contributed by atoms with Gasteiger partial charge in [0, 0.05) is 12.8 Å². The standard InChI is InChI=1S/C14H20O4/c1-9(13(15)16)12-5-10-4-11(6-12)8-14(7-10)17-2-3-18-14/h2-3,9-12H,4-8H2,1H3,(H,15,16). The van der Waals surface area contributed by atoms with Gasteiger partial charge in [0.2, 0.25) is 5.79 Å². The first-order valence-corrected chi connectivity index (χ1v) is 6.81. The molecule has 0 radical (unpaired) electrons. The van der Waals surface area contributed by atoms with Crippen molar-refractivity contribution in [1.29, 1.82) is 0 Å². The summed E-state index contributed by atoms with van der Waals surface area (Å²) in [4.78, 5) is 11.1. The molecular weight excluding hydrogens is 232 g/mol. The van der Waals surface area contributed by atoms with Crippen molar-refractivity contribution in [2.45, 2.75) is 44.8 Å². The number of hydrogen-bond donors (Lipinski definition) is 1. The number of aliphatic carboxylic acids is 1. The van der Waals surface area contributed by atoms with E-state index < -0.39 is 11.8 Å². The van der Waals surface area contributed by atoms with Crippen LogP contribution in [-0.4, -0.2) is 16.9 Å². The summed E-state index contributed by atoms with van der Waals surface area (Å²) in [5, 5.41) is 9.14. The van der Waals surface area contributed by atoms with Crippen LogP contribution < -0.4 is 0 Å². The minimum Gasteiger partial charge on any atom is -0.481 e. The number of hydrogen-bond acceptors (Lipinski definition) is 3. The van der Waals surface area contributed by atoms with E-state index in [4.69, 9.17) is 14.6 Å². The maximum Gasteiger partial charge on any atom is 0.306 e. The van der Waals surface area contributed by atoms with Crippen LogP contribution in [0.15, 0.2) is 12.5 Å². The van der Waals surface area contributed by atoms with Crippen molar-refractivity contribution in [3.05, 3.63) is 12.5 Å². The molecule has 18 heavy (non-hydrogen) atoms. The number of rotatable bonds is 2. The van der Waals surface area contributed by atoms with Crippen LogP contribution in [0.3, 0.4) is 0 Å². The molecule has 4 heteroatoms. The fourth-order valence-electron chi connectivity index (χ4n) is 4.05. The van der Waals surface area contributed by atoms with E-state index >= 15 is 0 Å². The summed E-state index contributed by atoms with van der Waals surface area (Å²) in [6.45, 7) is 1.84. The van der Waals surface area contributed by atoms with E-state index in [-0.39, 0.29) is 5.92 Å². The summed E-state index contributed by atoms with van der Waals surface area (Å²) >= 11 is 0. The fraction of sp³-hybridized carbons (Fsp3) is 0.786. The van der Waals surface area contributed by atoms with Gasteiger partial charge in [-0.25, -0.2) is 0 Å². The van der Waals surface area contributed by atoms with Crippen molar-refractivity contribution < 1.29 is 19.4 Å². The molecule has 3 rings (SSSR count). The Labute approximate surface area is 107 Å². The second-order valence-corrected chi connectivity index (χ2v) is 6.15. The molecule has 4 nitrogen and oxygen atoms in total. The molecule has 2 fully saturated rings. The third-order valence-corrected chi connectivity index (χ3v) is 4.86. The summed E-state index contributed by atoms with van der Waals surface area (Å²) in [5.41, 5.74) is 0. The highest BCUT2D eigenvalue weighted by molar-refractivity contribution is 5.69. The molecule has 1 aliphatic heterocycles. The van der Waals surface area contributed by atoms with Gasteiger partial charge in [-0.15, -0.1) is 0 Å². The molecule has 2 aliphatic carbocycles. The van der Waals surface area contributed by atoms with E-state index in [1.807, 2.05) is 6.92 Å². The van der Waals surface area contributed by atoms with Gasteiger partial charge in [0.05, 0.1) is 5.92 Å². The number of fused-ring (bicyclic) bond motifs is 2. The molecule has 1 heterocycles. The summed E-state index contributed by atoms with van der Waals surface area (Å²) in [6.07, 6.45) is 8.28. The van der Waals surface area contributed by atoms with Crippen LogP contribution in [0.2, 0.25) is 0 Å². The van der Waals surface area contributed by atoms with Gasteiger partial charge >= 0.3 is 5.97 Å². The number of ether oxygens (including phenoxy) is 2. The summed E-state index contributed by atoms with van der Waals surface area (Å²) in [6, 6.07) is 0. The first kappa shape index (κ1) is 11.9. The summed E-state index contributed by atoms with van der Waals surface area (Å²) < 4.78 is 11.3. The topological polar surface area (TPSA) is 55.8 Å². The van der Waals surface area contributed by atoms with Crippen molar-refractivity contribution in [3.8, 4) is 0 Å². The van der Waals surface area contributed by atoms with Crippen LogP contribution in [0.4, 0.5) is 0 Å². The number of carboxylic acids is 1. The predicted molar refractivity (Wildman–Crippen MR) is 64.4 cm³/mol. The van der Waals surface area contributed by atoms with Crippen LogP contribution in [0.25, 0.3) is 0 Å². The molecule has 2 bridgehead atoms. The van der Waals surface area contributed by atoms with Crippen LogP contribution in [0, 0.1) is 23.7 Å². The maximum atomic E-state index is 11.1. The molecule has 0 aromatic heterocycles. The highest BCUT2D eigenvalue weighted by Gasteiger charge is 2.49. The highest BCUT2D eigenvalue weighted by atomic mass is 16.7. The third-order valence-electron chi connectivity index (χ3n) is 4.86. The first-order valence-electron chi connectivity index (χ1n) is 6.81. The van der Waals surface area contributed by atoms with Crippen molar-refractivity contribution in [1.82, 2.24) is 0 Å². The molecule has 0 aromatic carbocycles. The van der Waals surface area contributed by atoms with Gasteiger partial charge < -0.3 is 14.6 Å². The molecule has 2 saturated carbocycles. The van der Waals surface area contributed by atoms with E-state index in [0.29, 0.717) is 17.8 Å². The number of carbonyl (C=O) groups is 1. The Bertz CT molecular complexity index is 352. The van der Waals surface area contributed by atoms with E-state index in [1.165, 1.54) is 6.42 Å². The van der Waals surface area contributed by atoms with Crippen LogP contribution >= 0.6 is 0 Å². The Morgan fingerprint density at radius 2 is 1.78 bits per heavy atom. The second-order valence-electron chi connectivity index (χ2n) is 6.15. The van der Waals surface area contributed by atoms with Crippen molar-refractivity contribution in [2.75, 3.05) is 0 Å². The average Bonchev–Trinajstić information content (AvgIpc) is 2.74. The van der Waals surface area contributed by atoms with Gasteiger partial charge in [-0.2, -0.15) is 0 Å². The van der Waals surface area contributed by atoms with Crippen LogP contribution in [0.5, 0.6) is 0 Å². The Kier molecular flexibility index (Phi) is 2.76. The van der Waals surface area contributed by atoms with Gasteiger partial charge in [-0.3, -0.25) is 4.79 Å². The molecule has 0 amide bonds. The molecule has 1 N–H and O–H groups in total. The Morgan fingerprint density at radius 3 is 2.28 bits per heavy atom. The van der Waals surface area contributed by atoms with Crippen LogP contribution in [0.1, 0.15) is 39.0 Å². The molecule has 3 aliphatic rings. The molecule has 100 valence electrons. The normalized spacial score (nSPS) is 37.9. The zero-order valence-electron chi connectivity index (χ0n) is 10.7. The van der Waals surface area contributed by atoms with Crippen molar-refractivity contribution >= 4 is 5.97 Å². The minimum absolute atomic E-state index is 0.229. The van der Waals surface area contributed by atoms with Gasteiger partial charge in [0.15, 0.2) is 0 Å². The fourth-order valence-corrected chi connectivity index (χ4v) is 4.05. The molecular formula is C14H20O4. The maximum absolute atomic E-state index is 11.1. The van der Waals surface area contributed by atoms with E-state index in [1.54, 1.807) is 12.5 Å². The van der Waals surface area contributed by atoms with Crippen LogP contribution in [-0.2, 0) is 14.3 Å². The third kappa shape index (κ3) is 1.98. The molecule has 3 unspecified atom stereocenters. The van der Waals surface area contributed by atoms with Crippen molar-refractivity contribution in [2.24, 2.45) is 23.7 Å². The molecule has 0 aromatic rings. The second kappa shape index (κ2) is 4.18. The summed E-state index contributed by atoms with van der Waals surface area (Å²) in [5.74, 6) is 0.0920. The molecule has 0 saturated heterocycles. The van der Waals surface area contributed by atoms with E-state index in [9.17, 15) is 4.79 Å². The average molecular weight is 252 g/mol. The van der Waals surface area contributed by atoms with Gasteiger partial charge in [-0.1, -0.05) is 6.92 Å². The minimum atomic E-state index is -0.662. The lowest BCUT2D eigenvalue weighted by atomic mass is 9.63. The lowest BCUT2D eigenvalue weighted by Crippen LogP contribution is -2.44. The largest absolute Gasteiger partial charge is 0.481 e. The monoisotopic (exact) mass is 252 g/mol. The van der Waals surface area contributed by atoms with E-state index in [2.05, 4.69) is 0 Å². The lowest BCUT2D eigenvalue weighted by molar-refractivity contribution is -0.195. The van der Waals surface area contributed by atoms with Gasteiger partial charge in [0.25, 0.3) is 0 Å². The zero-order valence-corrected chi connectivity index (χ0v) is 10.7. The van der Waals surface area contributed by atoms with Gasteiger partial charge in [0.1, 0.15) is 12.5 Å².